The first-order valence-electron chi connectivity index (χ1n) is 6.89. The molecule has 1 aromatic carbocycles. The Morgan fingerprint density at radius 2 is 1.96 bits per heavy atom. The zero-order chi connectivity index (χ0) is 17.2. The minimum Gasteiger partial charge on any atom is -0.301 e. The van der Waals surface area contributed by atoms with Crippen LogP contribution >= 0.6 is 11.3 Å². The summed E-state index contributed by atoms with van der Waals surface area (Å²) in [5.41, 5.74) is 2.96. The zero-order valence-corrected chi connectivity index (χ0v) is 14.9. The molecule has 1 aromatic heterocycles. The van der Waals surface area contributed by atoms with Gasteiger partial charge in [0.2, 0.25) is 15.4 Å². The fourth-order valence-electron chi connectivity index (χ4n) is 2.09. The summed E-state index contributed by atoms with van der Waals surface area (Å²) in [6, 6.07) is 5.47. The number of sulfonamides is 1. The Labute approximate surface area is 139 Å². The van der Waals surface area contributed by atoms with Gasteiger partial charge in [-0.15, -0.1) is 10.2 Å². The van der Waals surface area contributed by atoms with E-state index < -0.39 is 16.1 Å². The highest BCUT2D eigenvalue weighted by molar-refractivity contribution is 7.91. The number of carbonyl (C=O) groups is 1. The van der Waals surface area contributed by atoms with Crippen LogP contribution in [0.15, 0.2) is 22.5 Å². The molecule has 0 radical (unpaired) electrons. The molecular formula is C14H18N4O3S2. The van der Waals surface area contributed by atoms with Gasteiger partial charge in [0.15, 0.2) is 0 Å². The summed E-state index contributed by atoms with van der Waals surface area (Å²) in [5, 5.41) is 9.85. The Balaban J connectivity index is 2.22. The van der Waals surface area contributed by atoms with Crippen molar-refractivity contribution < 1.29 is 13.2 Å². The molecule has 7 nitrogen and oxygen atoms in total. The van der Waals surface area contributed by atoms with E-state index >= 15 is 0 Å². The first-order valence-corrected chi connectivity index (χ1v) is 9.19. The highest BCUT2D eigenvalue weighted by atomic mass is 32.2. The molecule has 0 aliphatic rings. The van der Waals surface area contributed by atoms with Crippen molar-refractivity contribution in [2.24, 2.45) is 0 Å². The number of benzene rings is 1. The van der Waals surface area contributed by atoms with E-state index in [9.17, 15) is 13.2 Å². The van der Waals surface area contributed by atoms with Crippen molar-refractivity contribution in [2.75, 3.05) is 5.32 Å². The van der Waals surface area contributed by atoms with Gasteiger partial charge < -0.3 is 5.32 Å². The van der Waals surface area contributed by atoms with Crippen LogP contribution in [-0.2, 0) is 14.8 Å². The SMILES string of the molecule is CC(=O)Nc1nnc(S(=O)(=O)N[C@@H](C)c2cc(C)ccc2C)s1. The number of nitrogens with one attached hydrogen (secondary N) is 2. The van der Waals surface area contributed by atoms with Gasteiger partial charge in [0.1, 0.15) is 0 Å². The molecule has 0 aliphatic carbocycles. The van der Waals surface area contributed by atoms with Crippen molar-refractivity contribution in [1.82, 2.24) is 14.9 Å². The number of nitrogens with zero attached hydrogens (tertiary/aromatic N) is 2. The molecule has 1 amide bonds. The van der Waals surface area contributed by atoms with Crippen LogP contribution in [0.3, 0.4) is 0 Å². The van der Waals surface area contributed by atoms with Crippen LogP contribution in [0.4, 0.5) is 5.13 Å². The fraction of sp³-hybridized carbons (Fsp3) is 0.357. The number of anilines is 1. The molecule has 23 heavy (non-hydrogen) atoms. The van der Waals surface area contributed by atoms with E-state index in [-0.39, 0.29) is 15.4 Å². The Kier molecular flexibility index (Phi) is 5.12. The summed E-state index contributed by atoms with van der Waals surface area (Å²) < 4.78 is 27.2. The van der Waals surface area contributed by atoms with E-state index in [1.54, 1.807) is 6.92 Å². The lowest BCUT2D eigenvalue weighted by molar-refractivity contribution is -0.114. The topological polar surface area (TPSA) is 101 Å². The smallest absolute Gasteiger partial charge is 0.270 e. The molecule has 0 aliphatic heterocycles. The second-order valence-electron chi connectivity index (χ2n) is 5.26. The van der Waals surface area contributed by atoms with Gasteiger partial charge in [-0.05, 0) is 31.9 Å². The number of carbonyl (C=O) groups excluding carboxylic acids is 1. The van der Waals surface area contributed by atoms with E-state index in [1.165, 1.54) is 6.92 Å². The van der Waals surface area contributed by atoms with Crippen LogP contribution in [0, 0.1) is 13.8 Å². The van der Waals surface area contributed by atoms with Crippen molar-refractivity contribution in [3.63, 3.8) is 0 Å². The Hall–Kier alpha value is -1.84. The van der Waals surface area contributed by atoms with Gasteiger partial charge in [0, 0.05) is 13.0 Å². The third kappa shape index (κ3) is 4.34. The number of aromatic nitrogens is 2. The summed E-state index contributed by atoms with van der Waals surface area (Å²) in [5.74, 6) is -0.332. The average molecular weight is 354 g/mol. The van der Waals surface area contributed by atoms with Gasteiger partial charge in [-0.25, -0.2) is 13.1 Å². The molecule has 124 valence electrons. The molecule has 0 fully saturated rings. The third-order valence-electron chi connectivity index (χ3n) is 3.15. The Morgan fingerprint density at radius 3 is 2.61 bits per heavy atom. The highest BCUT2D eigenvalue weighted by Crippen LogP contribution is 2.24. The van der Waals surface area contributed by atoms with Gasteiger partial charge in [-0.3, -0.25) is 4.79 Å². The van der Waals surface area contributed by atoms with Gasteiger partial charge >= 0.3 is 0 Å². The van der Waals surface area contributed by atoms with Gasteiger partial charge in [0.05, 0.1) is 0 Å². The largest absolute Gasteiger partial charge is 0.301 e. The quantitative estimate of drug-likeness (QED) is 0.801. The number of hydrogen-bond donors (Lipinski definition) is 2. The molecule has 0 spiro atoms. The molecule has 0 saturated heterocycles. The minimum atomic E-state index is -3.81. The van der Waals surface area contributed by atoms with Crippen molar-refractivity contribution in [3.8, 4) is 0 Å². The lowest BCUT2D eigenvalue weighted by Crippen LogP contribution is -2.27. The van der Waals surface area contributed by atoms with Crippen molar-refractivity contribution >= 4 is 32.4 Å². The molecule has 0 unspecified atom stereocenters. The van der Waals surface area contributed by atoms with E-state index in [4.69, 9.17) is 0 Å². The number of rotatable bonds is 5. The van der Waals surface area contributed by atoms with Crippen LogP contribution in [0.1, 0.15) is 36.6 Å². The molecule has 2 aromatic rings. The Morgan fingerprint density at radius 1 is 1.26 bits per heavy atom. The average Bonchev–Trinajstić information content (AvgIpc) is 2.89. The van der Waals surface area contributed by atoms with E-state index in [2.05, 4.69) is 20.2 Å². The first kappa shape index (κ1) is 17.5. The summed E-state index contributed by atoms with van der Waals surface area (Å²) in [7, 11) is -3.81. The summed E-state index contributed by atoms with van der Waals surface area (Å²) >= 11 is 0.808. The maximum absolute atomic E-state index is 12.4. The maximum atomic E-state index is 12.4. The van der Waals surface area contributed by atoms with Gasteiger partial charge in [0.25, 0.3) is 10.0 Å². The van der Waals surface area contributed by atoms with E-state index in [0.29, 0.717) is 0 Å². The number of hydrogen-bond acceptors (Lipinski definition) is 6. The first-order chi connectivity index (χ1) is 10.7. The standard InChI is InChI=1S/C14H18N4O3S2/c1-8-5-6-9(2)12(7-8)10(3)18-23(20,21)14-17-16-13(22-14)15-11(4)19/h5-7,10,18H,1-4H3,(H,15,16,19)/t10-/m0/s1. The van der Waals surface area contributed by atoms with E-state index in [0.717, 1.165) is 28.0 Å². The molecular weight excluding hydrogens is 336 g/mol. The van der Waals surface area contributed by atoms with Crippen molar-refractivity contribution in [1.29, 1.82) is 0 Å². The lowest BCUT2D eigenvalue weighted by atomic mass is 10.0. The van der Waals surface area contributed by atoms with Gasteiger partial charge in [-0.1, -0.05) is 35.1 Å². The van der Waals surface area contributed by atoms with E-state index in [1.807, 2.05) is 32.0 Å². The lowest BCUT2D eigenvalue weighted by Gasteiger charge is -2.16. The Bertz CT molecular complexity index is 830. The second-order valence-corrected chi connectivity index (χ2v) is 8.12. The molecule has 2 N–H and O–H groups in total. The molecule has 1 atom stereocenters. The minimum absolute atomic E-state index is 0.150. The molecule has 9 heteroatoms. The zero-order valence-electron chi connectivity index (χ0n) is 13.2. The van der Waals surface area contributed by atoms with Crippen molar-refractivity contribution in [2.45, 2.75) is 38.1 Å². The van der Waals surface area contributed by atoms with Crippen LogP contribution in [0.5, 0.6) is 0 Å². The number of amides is 1. The fourth-order valence-corrected chi connectivity index (χ4v) is 4.28. The summed E-state index contributed by atoms with van der Waals surface area (Å²) in [6.07, 6.45) is 0. The van der Waals surface area contributed by atoms with Crippen LogP contribution in [0.2, 0.25) is 0 Å². The molecule has 2 rings (SSSR count). The number of aryl methyl sites for hydroxylation is 2. The molecule has 0 bridgehead atoms. The molecule has 0 saturated carbocycles. The summed E-state index contributed by atoms with van der Waals surface area (Å²) in [6.45, 7) is 6.97. The van der Waals surface area contributed by atoms with Crippen LogP contribution in [-0.4, -0.2) is 24.5 Å². The van der Waals surface area contributed by atoms with Gasteiger partial charge in [-0.2, -0.15) is 0 Å². The predicted molar refractivity (Wildman–Crippen MR) is 88.9 cm³/mol. The van der Waals surface area contributed by atoms with Crippen molar-refractivity contribution in [3.05, 3.63) is 34.9 Å². The second kappa shape index (κ2) is 6.73. The maximum Gasteiger partial charge on any atom is 0.270 e. The third-order valence-corrected chi connectivity index (χ3v) is 5.90. The highest BCUT2D eigenvalue weighted by Gasteiger charge is 2.24. The van der Waals surface area contributed by atoms with Crippen LogP contribution in [0.25, 0.3) is 0 Å². The predicted octanol–water partition coefficient (Wildman–Crippen LogP) is 2.15. The van der Waals surface area contributed by atoms with Crippen LogP contribution < -0.4 is 10.0 Å². The monoisotopic (exact) mass is 354 g/mol. The normalized spacial score (nSPS) is 12.9. The molecule has 1 heterocycles. The summed E-state index contributed by atoms with van der Waals surface area (Å²) in [4.78, 5) is 11.0.